The molecule has 0 aromatic carbocycles. The summed E-state index contributed by atoms with van der Waals surface area (Å²) in [5, 5.41) is 0. The monoisotopic (exact) mass is 458 g/mol. The zero-order chi connectivity index (χ0) is 23.4. The Morgan fingerprint density at radius 1 is 0.818 bits per heavy atom. The van der Waals surface area contributed by atoms with Crippen LogP contribution in [0.2, 0.25) is 0 Å². The number of ether oxygens (including phenoxy) is 3. The topological polar surface area (TPSA) is 31.0 Å². The molecule has 1 spiro atoms. The van der Waals surface area contributed by atoms with Gasteiger partial charge in [0.15, 0.2) is 5.79 Å². The molecular formula is C30H50O3. The summed E-state index contributed by atoms with van der Waals surface area (Å²) in [6, 6.07) is 0. The minimum Gasteiger partial charge on any atom is -0.362 e. The third-order valence-electron chi connectivity index (χ3n) is 12.1. The van der Waals surface area contributed by atoms with E-state index in [0.29, 0.717) is 11.5 Å². The predicted molar refractivity (Wildman–Crippen MR) is 132 cm³/mol. The zero-order valence-corrected chi connectivity index (χ0v) is 22.5. The lowest BCUT2D eigenvalue weighted by Crippen LogP contribution is -2.63. The summed E-state index contributed by atoms with van der Waals surface area (Å²) in [6.07, 6.45) is 14.5. The Morgan fingerprint density at radius 2 is 1.61 bits per heavy atom. The lowest BCUT2D eigenvalue weighted by Gasteiger charge is -2.60. The van der Waals surface area contributed by atoms with Crippen LogP contribution in [0.25, 0.3) is 0 Å². The maximum atomic E-state index is 6.80. The molecule has 6 rings (SSSR count). The molecule has 0 aromatic heterocycles. The Hall–Kier alpha value is -0.120. The van der Waals surface area contributed by atoms with Crippen molar-refractivity contribution in [2.75, 3.05) is 0 Å². The number of hydrogen-bond acceptors (Lipinski definition) is 3. The molecular weight excluding hydrogens is 408 g/mol. The molecule has 4 aliphatic carbocycles. The zero-order valence-electron chi connectivity index (χ0n) is 22.5. The van der Waals surface area contributed by atoms with Crippen molar-refractivity contribution in [3.05, 3.63) is 0 Å². The summed E-state index contributed by atoms with van der Waals surface area (Å²) in [5.74, 6) is 4.76. The Kier molecular flexibility index (Phi) is 5.26. The summed E-state index contributed by atoms with van der Waals surface area (Å²) < 4.78 is 19.7. The molecule has 2 saturated heterocycles. The molecule has 33 heavy (non-hydrogen) atoms. The van der Waals surface area contributed by atoms with Gasteiger partial charge in [-0.05, 0) is 99.7 Å². The molecule has 6 fully saturated rings. The molecule has 0 aromatic rings. The van der Waals surface area contributed by atoms with Gasteiger partial charge in [-0.3, -0.25) is 0 Å². The lowest BCUT2D eigenvalue weighted by atomic mass is 9.44. The smallest absolute Gasteiger partial charge is 0.163 e. The number of rotatable bonds is 5. The molecule has 2 heterocycles. The van der Waals surface area contributed by atoms with Gasteiger partial charge in [0.1, 0.15) is 11.7 Å². The highest BCUT2D eigenvalue weighted by Crippen LogP contribution is 2.75. The van der Waals surface area contributed by atoms with Gasteiger partial charge in [-0.2, -0.15) is 0 Å². The summed E-state index contributed by atoms with van der Waals surface area (Å²) in [6.45, 7) is 16.8. The van der Waals surface area contributed by atoms with Crippen LogP contribution in [0.4, 0.5) is 0 Å². The van der Waals surface area contributed by atoms with Crippen molar-refractivity contribution in [3.8, 4) is 0 Å². The highest BCUT2D eigenvalue weighted by Gasteiger charge is 2.81. The first-order chi connectivity index (χ1) is 15.5. The van der Waals surface area contributed by atoms with Crippen LogP contribution in [-0.2, 0) is 14.2 Å². The largest absolute Gasteiger partial charge is 0.362 e. The van der Waals surface area contributed by atoms with Crippen LogP contribution in [0.1, 0.15) is 113 Å². The number of fused-ring (bicyclic) bond motifs is 5. The molecule has 0 radical (unpaired) electrons. The van der Waals surface area contributed by atoms with Gasteiger partial charge < -0.3 is 14.2 Å². The van der Waals surface area contributed by atoms with Crippen LogP contribution in [0, 0.1) is 46.3 Å². The lowest BCUT2D eigenvalue weighted by molar-refractivity contribution is -0.166. The quantitative estimate of drug-likeness (QED) is 0.403. The van der Waals surface area contributed by atoms with Crippen LogP contribution in [0.3, 0.4) is 0 Å². The minimum absolute atomic E-state index is 0.0687. The van der Waals surface area contributed by atoms with Crippen LogP contribution < -0.4 is 0 Å². The van der Waals surface area contributed by atoms with Crippen LogP contribution >= 0.6 is 0 Å². The average molecular weight is 459 g/mol. The van der Waals surface area contributed by atoms with Gasteiger partial charge in [0.2, 0.25) is 0 Å². The summed E-state index contributed by atoms with van der Waals surface area (Å²) >= 11 is 0. The van der Waals surface area contributed by atoms with Gasteiger partial charge in [-0.15, -0.1) is 0 Å². The van der Waals surface area contributed by atoms with Crippen LogP contribution in [-0.4, -0.2) is 29.7 Å². The van der Waals surface area contributed by atoms with E-state index >= 15 is 0 Å². The van der Waals surface area contributed by atoms with Crippen LogP contribution in [0.5, 0.6) is 0 Å². The fourth-order valence-electron chi connectivity index (χ4n) is 10.7. The normalized spacial score (nSPS) is 54.7. The van der Waals surface area contributed by atoms with Gasteiger partial charge in [0.25, 0.3) is 0 Å². The molecule has 11 atom stereocenters. The van der Waals surface area contributed by atoms with E-state index < -0.39 is 5.79 Å². The van der Waals surface area contributed by atoms with E-state index in [2.05, 4.69) is 48.5 Å². The summed E-state index contributed by atoms with van der Waals surface area (Å²) in [7, 11) is 0. The number of hydrogen-bond donors (Lipinski definition) is 0. The van der Waals surface area contributed by atoms with Gasteiger partial charge in [0, 0.05) is 5.41 Å². The van der Waals surface area contributed by atoms with Gasteiger partial charge in [-0.1, -0.05) is 53.9 Å². The van der Waals surface area contributed by atoms with Gasteiger partial charge >= 0.3 is 0 Å². The Balaban J connectivity index is 1.22. The third-order valence-corrected chi connectivity index (χ3v) is 12.1. The molecule has 6 aliphatic rings. The van der Waals surface area contributed by atoms with Crippen molar-refractivity contribution in [2.45, 2.75) is 142 Å². The van der Waals surface area contributed by atoms with E-state index in [1.165, 1.54) is 57.8 Å². The van der Waals surface area contributed by atoms with E-state index in [4.69, 9.17) is 14.2 Å². The van der Waals surface area contributed by atoms with Crippen molar-refractivity contribution in [2.24, 2.45) is 46.3 Å². The second-order valence-corrected chi connectivity index (χ2v) is 14.6. The Morgan fingerprint density at radius 3 is 2.36 bits per heavy atom. The fourth-order valence-corrected chi connectivity index (χ4v) is 10.7. The van der Waals surface area contributed by atoms with E-state index in [1.54, 1.807) is 0 Å². The molecule has 4 saturated carbocycles. The first-order valence-corrected chi connectivity index (χ1v) is 14.6. The Labute approximate surface area is 203 Å². The standard InChI is InChI=1S/C30H50O3/c1-18(2)9-8-10-19(3)21-11-12-22-20-17-25-30(32-25)26-24(31-27(4,5)33-26)14-16-29(30,7)23(20)13-15-28(21,22)6/h18-26H,8-17H2,1-7H3/t19?,20?,21?,22?,23?,24?,25-,26?,28?,29?,30+/m0/s1. The highest BCUT2D eigenvalue weighted by atomic mass is 16.8. The number of epoxide rings is 1. The highest BCUT2D eigenvalue weighted by molar-refractivity contribution is 5.28. The second kappa shape index (κ2) is 7.45. The van der Waals surface area contributed by atoms with Crippen LogP contribution in [0.15, 0.2) is 0 Å². The maximum Gasteiger partial charge on any atom is 0.163 e. The van der Waals surface area contributed by atoms with Crippen molar-refractivity contribution >= 4 is 0 Å². The molecule has 9 unspecified atom stereocenters. The maximum absolute atomic E-state index is 6.80. The van der Waals surface area contributed by atoms with Crippen molar-refractivity contribution in [1.82, 2.24) is 0 Å². The molecule has 2 aliphatic heterocycles. The Bertz CT molecular complexity index is 777. The van der Waals surface area contributed by atoms with Gasteiger partial charge in [-0.25, -0.2) is 0 Å². The van der Waals surface area contributed by atoms with Crippen molar-refractivity contribution in [1.29, 1.82) is 0 Å². The van der Waals surface area contributed by atoms with Crippen molar-refractivity contribution < 1.29 is 14.2 Å². The predicted octanol–water partition coefficient (Wildman–Crippen LogP) is 7.37. The summed E-state index contributed by atoms with van der Waals surface area (Å²) in [4.78, 5) is 0. The molecule has 0 amide bonds. The average Bonchev–Trinajstić information content (AvgIpc) is 3.21. The third kappa shape index (κ3) is 3.16. The molecule has 0 N–H and O–H groups in total. The van der Waals surface area contributed by atoms with E-state index in [9.17, 15) is 0 Å². The SMILES string of the molecule is CC(C)CCCC(C)C1CCC2C3C[C@@H]4O[C@@]45C4OC(C)(C)OC4CCC5(C)C3CCC12C. The van der Waals surface area contributed by atoms with E-state index in [0.717, 1.165) is 41.9 Å². The fraction of sp³-hybridized carbons (Fsp3) is 1.00. The second-order valence-electron chi connectivity index (χ2n) is 14.6. The summed E-state index contributed by atoms with van der Waals surface area (Å²) in [5.41, 5.74) is 0.740. The first kappa shape index (κ1) is 23.3. The minimum atomic E-state index is -0.460. The van der Waals surface area contributed by atoms with Gasteiger partial charge in [0.05, 0.1) is 12.2 Å². The van der Waals surface area contributed by atoms with Crippen molar-refractivity contribution in [3.63, 3.8) is 0 Å². The van der Waals surface area contributed by atoms with E-state index in [1.807, 2.05) is 0 Å². The molecule has 3 nitrogen and oxygen atoms in total. The molecule has 3 heteroatoms. The molecule has 188 valence electrons. The molecule has 0 bridgehead atoms. The van der Waals surface area contributed by atoms with E-state index in [-0.39, 0.29) is 23.2 Å². The first-order valence-electron chi connectivity index (χ1n) is 14.6.